The van der Waals surface area contributed by atoms with Gasteiger partial charge in [-0.3, -0.25) is 0 Å². The smallest absolute Gasteiger partial charge is 0.356 e. The van der Waals surface area contributed by atoms with E-state index in [1.54, 1.807) is 13.0 Å². The molecule has 84 valence electrons. The maximum absolute atomic E-state index is 11.5. The molecule has 6 nitrogen and oxygen atoms in total. The van der Waals surface area contributed by atoms with Crippen molar-refractivity contribution in [3.63, 3.8) is 0 Å². The third kappa shape index (κ3) is 1.53. The number of hydrogen-bond acceptors (Lipinski definition) is 5. The van der Waals surface area contributed by atoms with E-state index in [1.165, 1.54) is 11.6 Å². The van der Waals surface area contributed by atoms with Crippen molar-refractivity contribution < 1.29 is 9.53 Å². The van der Waals surface area contributed by atoms with Crippen molar-refractivity contribution in [2.75, 3.05) is 12.8 Å². The highest BCUT2D eigenvalue weighted by Gasteiger charge is 2.18. The lowest BCUT2D eigenvalue weighted by Gasteiger charge is -2.02. The predicted molar refractivity (Wildman–Crippen MR) is 61.2 cm³/mol. The number of carbonyl (C=O) groups is 1. The lowest BCUT2D eigenvalue weighted by Crippen LogP contribution is -2.10. The fraction of sp³-hybridized carbons (Fsp3) is 0.222. The minimum Gasteiger partial charge on any atom is -0.464 e. The van der Waals surface area contributed by atoms with Gasteiger partial charge in [0.2, 0.25) is 0 Å². The number of esters is 1. The molecular weight excluding hydrogens is 276 g/mol. The molecular formula is C9H9BrN4O2. The number of carbonyl (C=O) groups excluding carboxylic acids is 1. The standard InChI is InChI=1S/C9H9BrN4O2/c1-4-12-8(11)7-5(10)3-6(9(15)16-2)14(7)13-4/h3H,1-2H3,(H2,11,12,13). The Morgan fingerprint density at radius 1 is 1.62 bits per heavy atom. The molecule has 0 spiro atoms. The van der Waals surface area contributed by atoms with Crippen molar-refractivity contribution in [3.8, 4) is 0 Å². The van der Waals surface area contributed by atoms with E-state index in [9.17, 15) is 4.79 Å². The summed E-state index contributed by atoms with van der Waals surface area (Å²) in [6, 6.07) is 1.60. The molecule has 2 rings (SSSR count). The van der Waals surface area contributed by atoms with Crippen LogP contribution in [-0.2, 0) is 4.74 Å². The van der Waals surface area contributed by atoms with E-state index in [0.717, 1.165) is 0 Å². The summed E-state index contributed by atoms with van der Waals surface area (Å²) in [4.78, 5) is 15.5. The first-order valence-electron chi connectivity index (χ1n) is 4.44. The minimum atomic E-state index is -0.474. The van der Waals surface area contributed by atoms with Crippen LogP contribution >= 0.6 is 15.9 Å². The Kier molecular flexibility index (Phi) is 2.55. The van der Waals surface area contributed by atoms with Crippen LogP contribution in [0.25, 0.3) is 5.52 Å². The van der Waals surface area contributed by atoms with Crippen molar-refractivity contribution in [1.82, 2.24) is 14.6 Å². The summed E-state index contributed by atoms with van der Waals surface area (Å²) < 4.78 is 6.74. The molecule has 2 aromatic rings. The number of aryl methyl sites for hydroxylation is 1. The largest absolute Gasteiger partial charge is 0.464 e. The first-order chi connectivity index (χ1) is 7.54. The van der Waals surface area contributed by atoms with Gasteiger partial charge in [-0.05, 0) is 28.9 Å². The summed E-state index contributed by atoms with van der Waals surface area (Å²) in [5.41, 5.74) is 6.63. The summed E-state index contributed by atoms with van der Waals surface area (Å²) >= 11 is 3.30. The van der Waals surface area contributed by atoms with Gasteiger partial charge in [0.15, 0.2) is 11.5 Å². The molecule has 0 aromatic carbocycles. The van der Waals surface area contributed by atoms with Crippen molar-refractivity contribution in [2.45, 2.75) is 6.92 Å². The summed E-state index contributed by atoms with van der Waals surface area (Å²) in [7, 11) is 1.31. The van der Waals surface area contributed by atoms with Gasteiger partial charge in [-0.1, -0.05) is 0 Å². The Labute approximate surface area is 99.5 Å². The fourth-order valence-electron chi connectivity index (χ4n) is 1.45. The van der Waals surface area contributed by atoms with Gasteiger partial charge in [-0.25, -0.2) is 14.3 Å². The number of nitrogen functional groups attached to an aromatic ring is 1. The molecule has 2 aromatic heterocycles. The monoisotopic (exact) mass is 284 g/mol. The summed E-state index contributed by atoms with van der Waals surface area (Å²) in [6.45, 7) is 1.70. The molecule has 0 saturated carbocycles. The predicted octanol–water partition coefficient (Wildman–Crippen LogP) is 1.17. The van der Waals surface area contributed by atoms with Crippen molar-refractivity contribution >= 4 is 33.2 Å². The molecule has 7 heteroatoms. The number of nitrogens with zero attached hydrogens (tertiary/aromatic N) is 3. The Hall–Kier alpha value is -1.63. The number of methoxy groups -OCH3 is 1. The molecule has 0 unspecified atom stereocenters. The fourth-order valence-corrected chi connectivity index (χ4v) is 2.04. The molecule has 0 aliphatic rings. The number of aromatic nitrogens is 3. The van der Waals surface area contributed by atoms with E-state index in [1.807, 2.05) is 0 Å². The average Bonchev–Trinajstić information content (AvgIpc) is 2.54. The van der Waals surface area contributed by atoms with Crippen LogP contribution in [-0.4, -0.2) is 27.7 Å². The van der Waals surface area contributed by atoms with E-state index in [-0.39, 0.29) is 0 Å². The van der Waals surface area contributed by atoms with Gasteiger partial charge in [0, 0.05) is 4.47 Å². The Bertz CT molecular complexity index is 578. The second-order valence-corrected chi connectivity index (χ2v) is 4.03. The molecule has 0 bridgehead atoms. The Morgan fingerprint density at radius 2 is 2.31 bits per heavy atom. The molecule has 0 atom stereocenters. The zero-order valence-electron chi connectivity index (χ0n) is 8.69. The van der Waals surface area contributed by atoms with Gasteiger partial charge in [-0.15, -0.1) is 0 Å². The topological polar surface area (TPSA) is 82.5 Å². The van der Waals surface area contributed by atoms with E-state index >= 15 is 0 Å². The SMILES string of the molecule is COC(=O)c1cc(Br)c2c(N)nc(C)nn12. The number of halogens is 1. The number of rotatable bonds is 1. The number of fused-ring (bicyclic) bond motifs is 1. The van der Waals surface area contributed by atoms with Crippen LogP contribution in [0.5, 0.6) is 0 Å². The van der Waals surface area contributed by atoms with Crippen LogP contribution in [0.2, 0.25) is 0 Å². The molecule has 16 heavy (non-hydrogen) atoms. The molecule has 0 aliphatic carbocycles. The molecule has 0 saturated heterocycles. The van der Waals surface area contributed by atoms with Crippen LogP contribution in [0.15, 0.2) is 10.5 Å². The maximum Gasteiger partial charge on any atom is 0.356 e. The molecule has 0 amide bonds. The normalized spacial score (nSPS) is 10.7. The van der Waals surface area contributed by atoms with Crippen molar-refractivity contribution in [1.29, 1.82) is 0 Å². The first kappa shape index (κ1) is 10.9. The zero-order valence-corrected chi connectivity index (χ0v) is 10.3. The van der Waals surface area contributed by atoms with E-state index in [0.29, 0.717) is 27.3 Å². The molecule has 0 fully saturated rings. The summed E-state index contributed by atoms with van der Waals surface area (Å²) in [5.74, 6) is 0.325. The number of nitrogens with two attached hydrogens (primary N) is 1. The molecule has 0 radical (unpaired) electrons. The van der Waals surface area contributed by atoms with E-state index < -0.39 is 5.97 Å². The van der Waals surface area contributed by atoms with Gasteiger partial charge < -0.3 is 10.5 Å². The summed E-state index contributed by atoms with van der Waals surface area (Å²) in [6.07, 6.45) is 0. The second kappa shape index (κ2) is 3.75. The number of anilines is 1. The number of ether oxygens (including phenoxy) is 1. The van der Waals surface area contributed by atoms with Crippen LogP contribution in [0.1, 0.15) is 16.3 Å². The van der Waals surface area contributed by atoms with Gasteiger partial charge in [0.1, 0.15) is 11.3 Å². The van der Waals surface area contributed by atoms with E-state index in [2.05, 4.69) is 30.7 Å². The lowest BCUT2D eigenvalue weighted by molar-refractivity contribution is 0.0591. The Balaban J connectivity index is 2.83. The average molecular weight is 285 g/mol. The van der Waals surface area contributed by atoms with Crippen LogP contribution < -0.4 is 5.73 Å². The quantitative estimate of drug-likeness (QED) is 0.795. The first-order valence-corrected chi connectivity index (χ1v) is 5.23. The van der Waals surface area contributed by atoms with Crippen LogP contribution in [0.4, 0.5) is 5.82 Å². The van der Waals surface area contributed by atoms with Crippen molar-refractivity contribution in [2.24, 2.45) is 0 Å². The molecule has 2 heterocycles. The van der Waals surface area contributed by atoms with Gasteiger partial charge in [0.05, 0.1) is 7.11 Å². The molecule has 0 aliphatic heterocycles. The van der Waals surface area contributed by atoms with Gasteiger partial charge in [-0.2, -0.15) is 5.10 Å². The minimum absolute atomic E-state index is 0.307. The third-order valence-electron chi connectivity index (χ3n) is 2.09. The number of hydrogen-bond donors (Lipinski definition) is 1. The third-order valence-corrected chi connectivity index (χ3v) is 2.70. The Morgan fingerprint density at radius 3 is 2.94 bits per heavy atom. The zero-order chi connectivity index (χ0) is 11.9. The van der Waals surface area contributed by atoms with Crippen molar-refractivity contribution in [3.05, 3.63) is 22.1 Å². The highest BCUT2D eigenvalue weighted by molar-refractivity contribution is 9.10. The highest BCUT2D eigenvalue weighted by Crippen LogP contribution is 2.25. The van der Waals surface area contributed by atoms with E-state index in [4.69, 9.17) is 5.73 Å². The van der Waals surface area contributed by atoms with Gasteiger partial charge >= 0.3 is 5.97 Å². The highest BCUT2D eigenvalue weighted by atomic mass is 79.9. The second-order valence-electron chi connectivity index (χ2n) is 3.17. The molecule has 2 N–H and O–H groups in total. The van der Waals surface area contributed by atoms with Crippen LogP contribution in [0, 0.1) is 6.92 Å². The van der Waals surface area contributed by atoms with Gasteiger partial charge in [0.25, 0.3) is 0 Å². The lowest BCUT2D eigenvalue weighted by atomic mass is 10.4. The maximum atomic E-state index is 11.5. The summed E-state index contributed by atoms with van der Waals surface area (Å²) in [5, 5.41) is 4.12. The van der Waals surface area contributed by atoms with Crippen LogP contribution in [0.3, 0.4) is 0 Å².